The molecule has 1 aromatic rings. The van der Waals surface area contributed by atoms with E-state index in [1.807, 2.05) is 0 Å². The molecule has 0 aromatic heterocycles. The van der Waals surface area contributed by atoms with Crippen LogP contribution in [-0.4, -0.2) is 34.8 Å². The second kappa shape index (κ2) is 10.4. The molecule has 3 nitrogen and oxygen atoms in total. The molecule has 2 aliphatic heterocycles. The van der Waals surface area contributed by atoms with E-state index in [9.17, 15) is 4.79 Å². The van der Waals surface area contributed by atoms with Crippen molar-refractivity contribution < 1.29 is 14.6 Å². The lowest BCUT2D eigenvalue weighted by atomic mass is 9.77. The topological polar surface area (TPSA) is 46.5 Å². The van der Waals surface area contributed by atoms with Crippen molar-refractivity contribution in [2.75, 3.05) is 11.5 Å². The summed E-state index contributed by atoms with van der Waals surface area (Å²) in [5.74, 6) is 3.22. The Kier molecular flexibility index (Phi) is 7.87. The van der Waals surface area contributed by atoms with Crippen molar-refractivity contribution in [2.45, 2.75) is 70.0 Å². The zero-order chi connectivity index (χ0) is 18.2. The van der Waals surface area contributed by atoms with Gasteiger partial charge >= 0.3 is 5.97 Å². The minimum Gasteiger partial charge on any atom is -0.481 e. The van der Waals surface area contributed by atoms with Crippen molar-refractivity contribution in [2.24, 2.45) is 11.8 Å². The van der Waals surface area contributed by atoms with E-state index < -0.39 is 5.97 Å². The number of hydrogen-bond donors (Lipinski definition) is 1. The van der Waals surface area contributed by atoms with E-state index in [0.29, 0.717) is 18.6 Å². The van der Waals surface area contributed by atoms with Crippen LogP contribution in [0.2, 0.25) is 0 Å². The van der Waals surface area contributed by atoms with Crippen molar-refractivity contribution in [3.05, 3.63) is 35.9 Å². The molecule has 1 aromatic carbocycles. The summed E-state index contributed by atoms with van der Waals surface area (Å²) in [6.07, 6.45) is 10.5. The first-order valence-corrected chi connectivity index (χ1v) is 11.4. The molecule has 26 heavy (non-hydrogen) atoms. The second-order valence-corrected chi connectivity index (χ2v) is 8.93. The molecule has 2 bridgehead atoms. The van der Waals surface area contributed by atoms with Gasteiger partial charge in [-0.3, -0.25) is 4.79 Å². The molecule has 144 valence electrons. The number of thioether (sulfide) groups is 1. The molecule has 0 aliphatic carbocycles. The van der Waals surface area contributed by atoms with Crippen LogP contribution in [0.4, 0.5) is 0 Å². The van der Waals surface area contributed by atoms with Crippen molar-refractivity contribution in [1.82, 2.24) is 0 Å². The van der Waals surface area contributed by atoms with Crippen LogP contribution in [-0.2, 0) is 16.0 Å². The number of ether oxygens (including phenoxy) is 1. The maximum absolute atomic E-state index is 10.6. The number of carbonyl (C=O) groups is 1. The van der Waals surface area contributed by atoms with E-state index in [1.54, 1.807) is 0 Å². The number of carboxylic acids is 1. The van der Waals surface area contributed by atoms with Crippen LogP contribution < -0.4 is 0 Å². The van der Waals surface area contributed by atoms with Crippen molar-refractivity contribution in [3.8, 4) is 0 Å². The number of hydrogen-bond acceptors (Lipinski definition) is 3. The molecule has 3 rings (SSSR count). The Morgan fingerprint density at radius 2 is 1.77 bits per heavy atom. The van der Waals surface area contributed by atoms with Gasteiger partial charge in [-0.15, -0.1) is 0 Å². The zero-order valence-corrected chi connectivity index (χ0v) is 16.5. The van der Waals surface area contributed by atoms with Gasteiger partial charge in [0.05, 0.1) is 12.2 Å². The monoisotopic (exact) mass is 376 g/mol. The summed E-state index contributed by atoms with van der Waals surface area (Å²) in [6.45, 7) is 0. The van der Waals surface area contributed by atoms with Crippen LogP contribution in [0.15, 0.2) is 30.3 Å². The molecular weight excluding hydrogens is 344 g/mol. The maximum atomic E-state index is 10.6. The first-order chi connectivity index (χ1) is 12.7. The number of benzene rings is 1. The van der Waals surface area contributed by atoms with Gasteiger partial charge in [0.15, 0.2) is 0 Å². The highest BCUT2D eigenvalue weighted by Crippen LogP contribution is 2.46. The van der Waals surface area contributed by atoms with E-state index in [-0.39, 0.29) is 0 Å². The molecule has 2 heterocycles. The van der Waals surface area contributed by atoms with Gasteiger partial charge in [-0.1, -0.05) is 49.6 Å². The molecular formula is C22H32O3S. The van der Waals surface area contributed by atoms with Crippen LogP contribution in [0.1, 0.15) is 56.9 Å². The minimum absolute atomic E-state index is 0.317. The number of fused-ring (bicyclic) bond motifs is 2. The van der Waals surface area contributed by atoms with Gasteiger partial charge in [0.25, 0.3) is 0 Å². The number of aliphatic carboxylic acids is 1. The molecule has 2 aliphatic rings. The third-order valence-electron chi connectivity index (χ3n) is 5.96. The van der Waals surface area contributed by atoms with Gasteiger partial charge in [0.2, 0.25) is 0 Å². The Hall–Kier alpha value is -1.00. The fourth-order valence-corrected chi connectivity index (χ4v) is 5.85. The first kappa shape index (κ1) is 19.8. The lowest BCUT2D eigenvalue weighted by Crippen LogP contribution is -2.29. The molecule has 0 radical (unpaired) electrons. The summed E-state index contributed by atoms with van der Waals surface area (Å²) in [4.78, 5) is 10.6. The lowest BCUT2D eigenvalue weighted by molar-refractivity contribution is -0.137. The third-order valence-corrected chi connectivity index (χ3v) is 7.07. The van der Waals surface area contributed by atoms with Gasteiger partial charge in [0, 0.05) is 6.42 Å². The van der Waals surface area contributed by atoms with E-state index >= 15 is 0 Å². The van der Waals surface area contributed by atoms with Crippen molar-refractivity contribution >= 4 is 17.7 Å². The quantitative estimate of drug-likeness (QED) is 0.511. The lowest BCUT2D eigenvalue weighted by Gasteiger charge is -2.28. The highest BCUT2D eigenvalue weighted by Gasteiger charge is 2.47. The highest BCUT2D eigenvalue weighted by molar-refractivity contribution is 7.99. The Bertz CT molecular complexity index is 548. The molecule has 0 amide bonds. The molecule has 0 saturated carbocycles. The number of unbranched alkanes of at least 4 members (excludes halogenated alkanes) is 3. The fraction of sp³-hybridized carbons (Fsp3) is 0.682. The summed E-state index contributed by atoms with van der Waals surface area (Å²) in [5.41, 5.74) is 1.43. The van der Waals surface area contributed by atoms with Crippen LogP contribution in [0.5, 0.6) is 0 Å². The van der Waals surface area contributed by atoms with E-state index in [1.165, 1.54) is 42.8 Å². The molecule has 4 heteroatoms. The number of carboxylic acid groups (broad SMARTS) is 1. The van der Waals surface area contributed by atoms with E-state index in [2.05, 4.69) is 42.1 Å². The van der Waals surface area contributed by atoms with Gasteiger partial charge in [0.1, 0.15) is 0 Å². The van der Waals surface area contributed by atoms with Crippen LogP contribution in [0.3, 0.4) is 0 Å². The molecule has 1 N–H and O–H groups in total. The zero-order valence-electron chi connectivity index (χ0n) is 15.6. The van der Waals surface area contributed by atoms with Crippen LogP contribution >= 0.6 is 11.8 Å². The summed E-state index contributed by atoms with van der Waals surface area (Å²) in [5, 5.41) is 8.71. The Balaban J connectivity index is 1.34. The van der Waals surface area contributed by atoms with Crippen LogP contribution in [0, 0.1) is 11.8 Å². The Morgan fingerprint density at radius 1 is 1.04 bits per heavy atom. The summed E-state index contributed by atoms with van der Waals surface area (Å²) >= 11 is 2.09. The van der Waals surface area contributed by atoms with Gasteiger partial charge < -0.3 is 9.84 Å². The van der Waals surface area contributed by atoms with Gasteiger partial charge in [-0.2, -0.15) is 11.8 Å². The average Bonchev–Trinajstić information content (AvgIpc) is 3.24. The average molecular weight is 377 g/mol. The summed E-state index contributed by atoms with van der Waals surface area (Å²) < 4.78 is 6.23. The minimum atomic E-state index is -0.668. The van der Waals surface area contributed by atoms with Gasteiger partial charge in [-0.25, -0.2) is 0 Å². The second-order valence-electron chi connectivity index (χ2n) is 7.78. The Morgan fingerprint density at radius 3 is 2.54 bits per heavy atom. The van der Waals surface area contributed by atoms with Crippen molar-refractivity contribution in [3.63, 3.8) is 0 Å². The largest absolute Gasteiger partial charge is 0.481 e. The molecule has 0 spiro atoms. The number of rotatable bonds is 12. The van der Waals surface area contributed by atoms with Crippen molar-refractivity contribution in [1.29, 1.82) is 0 Å². The third kappa shape index (κ3) is 5.75. The predicted octanol–water partition coefficient (Wildman–Crippen LogP) is 5.18. The van der Waals surface area contributed by atoms with Gasteiger partial charge in [-0.05, 0) is 61.0 Å². The molecule has 4 unspecified atom stereocenters. The molecule has 2 fully saturated rings. The highest BCUT2D eigenvalue weighted by atomic mass is 32.2. The van der Waals surface area contributed by atoms with E-state index in [0.717, 1.165) is 37.5 Å². The smallest absolute Gasteiger partial charge is 0.303 e. The normalized spacial score (nSPS) is 27.1. The summed E-state index contributed by atoms with van der Waals surface area (Å²) in [6, 6.07) is 10.8. The van der Waals surface area contributed by atoms with Crippen LogP contribution in [0.25, 0.3) is 0 Å². The first-order valence-electron chi connectivity index (χ1n) is 10.2. The van der Waals surface area contributed by atoms with E-state index in [4.69, 9.17) is 9.84 Å². The summed E-state index contributed by atoms with van der Waals surface area (Å²) in [7, 11) is 0. The Labute approximate surface area is 161 Å². The molecule has 4 atom stereocenters. The standard InChI is InChI=1S/C22H32O3S/c23-22(24)11-7-2-1-6-10-18-19(21-13-12-20(18)25-21)16-26-15-14-17-8-4-3-5-9-17/h3-5,8-9,18-21H,1-2,6-7,10-16H2,(H,23,24). The molecule has 2 saturated heterocycles. The fourth-order valence-electron chi connectivity index (χ4n) is 4.57. The SMILES string of the molecule is O=C(O)CCCCCCC1C2CCC(O2)C1CSCCc1ccccc1. The number of aryl methyl sites for hydroxylation is 1. The maximum Gasteiger partial charge on any atom is 0.303 e. The predicted molar refractivity (Wildman–Crippen MR) is 108 cm³/mol.